The minimum Gasteiger partial charge on any atom is -0.454 e. The van der Waals surface area contributed by atoms with Crippen molar-refractivity contribution in [2.24, 2.45) is 0 Å². The quantitative estimate of drug-likeness (QED) is 0.448. The Balaban J connectivity index is 2.25. The van der Waals surface area contributed by atoms with Crippen LogP contribution in [0.4, 0.5) is 22.7 Å². The summed E-state index contributed by atoms with van der Waals surface area (Å²) in [4.78, 5) is 0. The third-order valence-corrected chi connectivity index (χ3v) is 3.27. The van der Waals surface area contributed by atoms with E-state index in [0.29, 0.717) is 29.2 Å². The first kappa shape index (κ1) is 10.6. The highest BCUT2D eigenvalue weighted by molar-refractivity contribution is 5.93. The summed E-state index contributed by atoms with van der Waals surface area (Å²) in [6.45, 7) is 0. The van der Waals surface area contributed by atoms with Crippen LogP contribution in [-0.2, 0) is 6.42 Å². The van der Waals surface area contributed by atoms with E-state index in [2.05, 4.69) is 0 Å². The Kier molecular flexibility index (Phi) is 2.04. The zero-order valence-electron chi connectivity index (χ0n) is 9.73. The Labute approximate surface area is 104 Å². The van der Waals surface area contributed by atoms with E-state index in [-0.39, 0.29) is 5.69 Å². The van der Waals surface area contributed by atoms with Crippen LogP contribution in [-0.4, -0.2) is 0 Å². The van der Waals surface area contributed by atoms with Crippen molar-refractivity contribution in [1.82, 2.24) is 0 Å². The van der Waals surface area contributed by atoms with Crippen molar-refractivity contribution >= 4 is 22.7 Å². The zero-order chi connectivity index (χ0) is 12.9. The van der Waals surface area contributed by atoms with E-state index in [1.54, 1.807) is 0 Å². The molecule has 8 N–H and O–H groups in total. The van der Waals surface area contributed by atoms with Gasteiger partial charge in [0.05, 0.1) is 17.1 Å². The summed E-state index contributed by atoms with van der Waals surface area (Å²) < 4.78 is 5.78. The van der Waals surface area contributed by atoms with E-state index >= 15 is 0 Å². The molecular weight excluding hydrogens is 228 g/mol. The number of hydrogen-bond donors (Lipinski definition) is 4. The standard InChI is InChI=1S/C13H14N4O/c14-9-7-5-6-3-1-2-4-8(6)18-13(7)12(17)11(16)10(9)15/h1-4H,5,14-17H2. The second kappa shape index (κ2) is 3.46. The van der Waals surface area contributed by atoms with Gasteiger partial charge in [-0.15, -0.1) is 0 Å². The normalized spacial score (nSPS) is 12.4. The smallest absolute Gasteiger partial charge is 0.158 e. The van der Waals surface area contributed by atoms with Crippen molar-refractivity contribution in [1.29, 1.82) is 0 Å². The zero-order valence-corrected chi connectivity index (χ0v) is 9.73. The van der Waals surface area contributed by atoms with Crippen molar-refractivity contribution < 1.29 is 4.74 Å². The highest BCUT2D eigenvalue weighted by Crippen LogP contribution is 2.48. The minimum absolute atomic E-state index is 0.283. The van der Waals surface area contributed by atoms with Crippen LogP contribution in [0.5, 0.6) is 11.5 Å². The Morgan fingerprint density at radius 1 is 0.833 bits per heavy atom. The molecule has 1 aliphatic heterocycles. The molecule has 0 atom stereocenters. The molecule has 1 aliphatic rings. The average molecular weight is 242 g/mol. The van der Waals surface area contributed by atoms with E-state index in [9.17, 15) is 0 Å². The molecule has 5 nitrogen and oxygen atoms in total. The number of anilines is 4. The number of rotatable bonds is 0. The van der Waals surface area contributed by atoms with Crippen LogP contribution in [0.1, 0.15) is 11.1 Å². The van der Waals surface area contributed by atoms with Crippen molar-refractivity contribution in [3.05, 3.63) is 35.4 Å². The van der Waals surface area contributed by atoms with E-state index in [1.165, 1.54) is 0 Å². The predicted molar refractivity (Wildman–Crippen MR) is 73.4 cm³/mol. The van der Waals surface area contributed by atoms with Crippen molar-refractivity contribution in [2.45, 2.75) is 6.42 Å². The molecule has 18 heavy (non-hydrogen) atoms. The maximum atomic E-state index is 5.99. The fraction of sp³-hybridized carbons (Fsp3) is 0.0769. The van der Waals surface area contributed by atoms with Gasteiger partial charge in [0.15, 0.2) is 5.75 Å². The minimum atomic E-state index is 0.283. The van der Waals surface area contributed by atoms with Crippen molar-refractivity contribution in [3.8, 4) is 11.5 Å². The molecule has 0 spiro atoms. The Bertz CT molecular complexity index is 596. The summed E-state index contributed by atoms with van der Waals surface area (Å²) in [5.41, 5.74) is 26.9. The van der Waals surface area contributed by atoms with Crippen LogP contribution in [0.15, 0.2) is 24.3 Å². The van der Waals surface area contributed by atoms with Crippen LogP contribution >= 0.6 is 0 Å². The summed E-state index contributed by atoms with van der Waals surface area (Å²) in [5, 5.41) is 0. The van der Waals surface area contributed by atoms with E-state index < -0.39 is 0 Å². The molecule has 0 amide bonds. The molecule has 0 unspecified atom stereocenters. The topological polar surface area (TPSA) is 113 Å². The van der Waals surface area contributed by atoms with Gasteiger partial charge < -0.3 is 27.7 Å². The second-order valence-corrected chi connectivity index (χ2v) is 4.35. The SMILES string of the molecule is Nc1c(N)c(N)c2c(c1N)Cc1ccccc1O2. The van der Waals surface area contributed by atoms with Gasteiger partial charge in [0.2, 0.25) is 0 Å². The van der Waals surface area contributed by atoms with E-state index in [1.807, 2.05) is 24.3 Å². The van der Waals surface area contributed by atoms with Gasteiger partial charge in [0.25, 0.3) is 0 Å². The maximum absolute atomic E-state index is 5.99. The molecule has 92 valence electrons. The molecule has 0 aromatic heterocycles. The lowest BCUT2D eigenvalue weighted by molar-refractivity contribution is 0.463. The van der Waals surface area contributed by atoms with Gasteiger partial charge in [-0.2, -0.15) is 0 Å². The number of hydrogen-bond acceptors (Lipinski definition) is 5. The highest BCUT2D eigenvalue weighted by Gasteiger charge is 2.24. The number of nitrogens with two attached hydrogens (primary N) is 4. The molecule has 2 aromatic carbocycles. The lowest BCUT2D eigenvalue weighted by atomic mass is 9.96. The molecule has 0 bridgehead atoms. The summed E-state index contributed by atoms with van der Waals surface area (Å²) in [6, 6.07) is 7.73. The first-order valence-corrected chi connectivity index (χ1v) is 5.60. The van der Waals surface area contributed by atoms with E-state index in [4.69, 9.17) is 27.7 Å². The number of para-hydroxylation sites is 1. The molecule has 0 fully saturated rings. The van der Waals surface area contributed by atoms with Gasteiger partial charge in [-0.3, -0.25) is 0 Å². The van der Waals surface area contributed by atoms with Gasteiger partial charge in [-0.1, -0.05) is 18.2 Å². The predicted octanol–water partition coefficient (Wildman–Crippen LogP) is 1.71. The molecule has 0 aliphatic carbocycles. The number of fused-ring (bicyclic) bond motifs is 2. The molecule has 5 heteroatoms. The van der Waals surface area contributed by atoms with Crippen LogP contribution < -0.4 is 27.7 Å². The van der Waals surface area contributed by atoms with Crippen LogP contribution in [0.2, 0.25) is 0 Å². The van der Waals surface area contributed by atoms with Crippen LogP contribution in [0.25, 0.3) is 0 Å². The number of benzene rings is 2. The molecule has 0 radical (unpaired) electrons. The Morgan fingerprint density at radius 2 is 1.50 bits per heavy atom. The van der Waals surface area contributed by atoms with Crippen molar-refractivity contribution in [3.63, 3.8) is 0 Å². The first-order chi connectivity index (χ1) is 8.59. The Hall–Kier alpha value is -2.56. The molecule has 3 rings (SSSR count). The molecule has 0 saturated carbocycles. The van der Waals surface area contributed by atoms with Gasteiger partial charge in [-0.25, -0.2) is 0 Å². The average Bonchev–Trinajstić information content (AvgIpc) is 2.41. The third-order valence-electron chi connectivity index (χ3n) is 3.27. The van der Waals surface area contributed by atoms with Gasteiger partial charge in [0.1, 0.15) is 11.4 Å². The van der Waals surface area contributed by atoms with Gasteiger partial charge in [0, 0.05) is 12.0 Å². The number of ether oxygens (including phenoxy) is 1. The molecular formula is C13H14N4O. The van der Waals surface area contributed by atoms with Gasteiger partial charge in [-0.05, 0) is 11.6 Å². The Morgan fingerprint density at radius 3 is 2.28 bits per heavy atom. The fourth-order valence-electron chi connectivity index (χ4n) is 2.20. The highest BCUT2D eigenvalue weighted by atomic mass is 16.5. The molecule has 0 saturated heterocycles. The van der Waals surface area contributed by atoms with Crippen LogP contribution in [0, 0.1) is 0 Å². The molecule has 1 heterocycles. The first-order valence-electron chi connectivity index (χ1n) is 5.60. The lowest BCUT2D eigenvalue weighted by Crippen LogP contribution is -2.13. The summed E-state index contributed by atoms with van der Waals surface area (Å²) >= 11 is 0. The van der Waals surface area contributed by atoms with Crippen LogP contribution in [0.3, 0.4) is 0 Å². The van der Waals surface area contributed by atoms with Crippen molar-refractivity contribution in [2.75, 3.05) is 22.9 Å². The maximum Gasteiger partial charge on any atom is 0.158 e. The largest absolute Gasteiger partial charge is 0.454 e. The lowest BCUT2D eigenvalue weighted by Gasteiger charge is -2.24. The van der Waals surface area contributed by atoms with Gasteiger partial charge >= 0.3 is 0 Å². The molecule has 2 aromatic rings. The second-order valence-electron chi connectivity index (χ2n) is 4.35. The number of nitrogen functional groups attached to an aromatic ring is 4. The summed E-state index contributed by atoms with van der Waals surface area (Å²) in [7, 11) is 0. The summed E-state index contributed by atoms with van der Waals surface area (Å²) in [6.07, 6.45) is 0.645. The fourth-order valence-corrected chi connectivity index (χ4v) is 2.20. The monoisotopic (exact) mass is 242 g/mol. The summed E-state index contributed by atoms with van der Waals surface area (Å²) in [5.74, 6) is 1.30. The third kappa shape index (κ3) is 1.27. The van der Waals surface area contributed by atoms with E-state index in [0.717, 1.165) is 16.9 Å².